The lowest BCUT2D eigenvalue weighted by molar-refractivity contribution is -0.137. The van der Waals surface area contributed by atoms with Gasteiger partial charge in [0, 0.05) is 22.5 Å². The summed E-state index contributed by atoms with van der Waals surface area (Å²) in [5, 5.41) is 28.4. The van der Waals surface area contributed by atoms with E-state index < -0.39 is 5.97 Å². The summed E-state index contributed by atoms with van der Waals surface area (Å²) in [6.07, 6.45) is 7.61. The molecule has 0 saturated heterocycles. The summed E-state index contributed by atoms with van der Waals surface area (Å²) in [6, 6.07) is 13.4. The third kappa shape index (κ3) is 5.51. The molecule has 5 heteroatoms. The van der Waals surface area contributed by atoms with Crippen LogP contribution >= 0.6 is 11.8 Å². The number of thioether (sulfide) groups is 1. The topological polar surface area (TPSA) is 77.8 Å². The van der Waals surface area contributed by atoms with Crippen LogP contribution in [-0.2, 0) is 10.2 Å². The molecule has 162 valence electrons. The summed E-state index contributed by atoms with van der Waals surface area (Å²) in [5.41, 5.74) is 2.51. The van der Waals surface area contributed by atoms with Crippen LogP contribution in [0.2, 0.25) is 0 Å². The highest BCUT2D eigenvalue weighted by molar-refractivity contribution is 7.99. The minimum atomic E-state index is -0.705. The molecule has 0 bridgehead atoms. The molecule has 2 atom stereocenters. The fraction of sp³-hybridized carbons (Fsp3) is 0.480. The van der Waals surface area contributed by atoms with E-state index in [0.29, 0.717) is 11.7 Å². The van der Waals surface area contributed by atoms with Crippen molar-refractivity contribution in [3.8, 4) is 11.5 Å². The summed E-state index contributed by atoms with van der Waals surface area (Å²) in [6.45, 7) is 2.32. The van der Waals surface area contributed by atoms with Gasteiger partial charge in [-0.05, 0) is 54.2 Å². The molecule has 2 aromatic rings. The first-order valence-corrected chi connectivity index (χ1v) is 11.9. The van der Waals surface area contributed by atoms with E-state index in [0.717, 1.165) is 50.7 Å². The van der Waals surface area contributed by atoms with Gasteiger partial charge in [0.2, 0.25) is 0 Å². The molecule has 1 aliphatic heterocycles. The number of fused-ring (bicyclic) bond motifs is 1. The maximum absolute atomic E-state index is 10.6. The zero-order valence-corrected chi connectivity index (χ0v) is 18.5. The van der Waals surface area contributed by atoms with E-state index in [1.165, 1.54) is 16.0 Å². The lowest BCUT2D eigenvalue weighted by Gasteiger charge is -2.43. The molecule has 1 heterocycles. The Morgan fingerprint density at radius 2 is 1.60 bits per heavy atom. The highest BCUT2D eigenvalue weighted by atomic mass is 32.2. The third-order valence-corrected chi connectivity index (χ3v) is 7.74. The van der Waals surface area contributed by atoms with E-state index in [9.17, 15) is 15.0 Å². The zero-order chi connectivity index (χ0) is 21.6. The van der Waals surface area contributed by atoms with Crippen LogP contribution in [0.1, 0.15) is 75.3 Å². The number of benzene rings is 2. The molecule has 0 fully saturated rings. The minimum Gasteiger partial charge on any atom is -0.508 e. The van der Waals surface area contributed by atoms with E-state index in [2.05, 4.69) is 13.0 Å². The van der Waals surface area contributed by atoms with Crippen molar-refractivity contribution < 1.29 is 20.1 Å². The Hall–Kier alpha value is -2.14. The number of rotatable bonds is 10. The van der Waals surface area contributed by atoms with Crippen molar-refractivity contribution in [3.05, 3.63) is 53.6 Å². The summed E-state index contributed by atoms with van der Waals surface area (Å²) in [5.74, 6) is 1.19. The van der Waals surface area contributed by atoms with E-state index in [1.807, 2.05) is 18.2 Å². The Morgan fingerprint density at radius 3 is 2.30 bits per heavy atom. The van der Waals surface area contributed by atoms with Crippen LogP contribution in [0.4, 0.5) is 0 Å². The summed E-state index contributed by atoms with van der Waals surface area (Å²) in [4.78, 5) is 11.8. The second kappa shape index (κ2) is 10.3. The predicted molar refractivity (Wildman–Crippen MR) is 122 cm³/mol. The number of unbranched alkanes of at least 4 members (excludes halogenated alkanes) is 5. The lowest BCUT2D eigenvalue weighted by atomic mass is 9.68. The number of carbonyl (C=O) groups is 1. The van der Waals surface area contributed by atoms with Crippen molar-refractivity contribution in [3.63, 3.8) is 0 Å². The fourth-order valence-electron chi connectivity index (χ4n) is 4.54. The van der Waals surface area contributed by atoms with Crippen molar-refractivity contribution in [1.82, 2.24) is 0 Å². The maximum Gasteiger partial charge on any atom is 0.303 e. The van der Waals surface area contributed by atoms with Gasteiger partial charge in [0.25, 0.3) is 0 Å². The number of aromatic hydroxyl groups is 2. The van der Waals surface area contributed by atoms with Gasteiger partial charge in [-0.15, -0.1) is 11.8 Å². The zero-order valence-electron chi connectivity index (χ0n) is 17.6. The number of carboxylic acid groups (broad SMARTS) is 1. The number of hydrogen-bond acceptors (Lipinski definition) is 4. The smallest absolute Gasteiger partial charge is 0.303 e. The molecule has 0 saturated carbocycles. The molecular formula is C25H32O4S. The number of aliphatic carboxylic acids is 1. The Kier molecular flexibility index (Phi) is 7.70. The van der Waals surface area contributed by atoms with E-state index in [4.69, 9.17) is 5.11 Å². The van der Waals surface area contributed by atoms with Gasteiger partial charge in [-0.3, -0.25) is 4.79 Å². The average Bonchev–Trinajstić information content (AvgIpc) is 2.71. The predicted octanol–water partition coefficient (Wildman–Crippen LogP) is 6.45. The van der Waals surface area contributed by atoms with Gasteiger partial charge < -0.3 is 15.3 Å². The number of phenols is 2. The Balaban J connectivity index is 1.67. The first-order chi connectivity index (χ1) is 14.4. The van der Waals surface area contributed by atoms with Gasteiger partial charge in [-0.25, -0.2) is 0 Å². The Morgan fingerprint density at radius 1 is 0.967 bits per heavy atom. The van der Waals surface area contributed by atoms with E-state index in [-0.39, 0.29) is 17.6 Å². The number of phenolic OH excluding ortho intramolecular Hbond substituents is 2. The molecule has 0 amide bonds. The monoisotopic (exact) mass is 428 g/mol. The largest absolute Gasteiger partial charge is 0.508 e. The van der Waals surface area contributed by atoms with Gasteiger partial charge in [0.15, 0.2) is 0 Å². The quantitative estimate of drug-likeness (QED) is 0.379. The molecule has 2 unspecified atom stereocenters. The van der Waals surface area contributed by atoms with Crippen LogP contribution in [0.5, 0.6) is 11.5 Å². The van der Waals surface area contributed by atoms with Crippen LogP contribution in [0, 0.1) is 0 Å². The maximum atomic E-state index is 10.6. The summed E-state index contributed by atoms with van der Waals surface area (Å²) < 4.78 is 0. The van der Waals surface area contributed by atoms with Crippen LogP contribution in [0.3, 0.4) is 0 Å². The molecular weight excluding hydrogens is 396 g/mol. The highest BCUT2D eigenvalue weighted by Gasteiger charge is 2.41. The van der Waals surface area contributed by atoms with Gasteiger partial charge in [-0.2, -0.15) is 0 Å². The van der Waals surface area contributed by atoms with Crippen LogP contribution in [-0.4, -0.2) is 27.0 Å². The molecule has 30 heavy (non-hydrogen) atoms. The molecule has 0 aromatic heterocycles. The first-order valence-electron chi connectivity index (χ1n) is 10.9. The molecule has 1 aliphatic rings. The van der Waals surface area contributed by atoms with Crippen LogP contribution in [0.25, 0.3) is 0 Å². The highest BCUT2D eigenvalue weighted by Crippen LogP contribution is 2.52. The number of carboxylic acids is 1. The SMILES string of the molecule is CC1(c2ccc(O)cc2)CSc2cc(O)ccc2C1CCCCCCCCC(=O)O. The molecule has 0 spiro atoms. The third-order valence-electron chi connectivity index (χ3n) is 6.33. The van der Waals surface area contributed by atoms with Crippen molar-refractivity contribution in [2.45, 2.75) is 74.5 Å². The van der Waals surface area contributed by atoms with Gasteiger partial charge in [0.05, 0.1) is 0 Å². The summed E-state index contributed by atoms with van der Waals surface area (Å²) >= 11 is 1.80. The second-order valence-corrected chi connectivity index (χ2v) is 9.60. The Labute approximate surface area is 183 Å². The molecule has 3 N–H and O–H groups in total. The standard InChI is InChI=1S/C25H32O4S/c1-25(18-10-12-19(26)13-11-18)17-30-23-16-20(27)14-15-21(23)22(25)8-6-4-2-3-5-7-9-24(28)29/h10-16,22,26-27H,2-9,17H2,1H3,(H,28,29). The molecule has 0 aliphatic carbocycles. The van der Waals surface area contributed by atoms with Crippen molar-refractivity contribution >= 4 is 17.7 Å². The fourth-order valence-corrected chi connectivity index (χ4v) is 5.94. The lowest BCUT2D eigenvalue weighted by Crippen LogP contribution is -2.36. The molecule has 3 rings (SSSR count). The van der Waals surface area contributed by atoms with Gasteiger partial charge in [0.1, 0.15) is 11.5 Å². The van der Waals surface area contributed by atoms with Gasteiger partial charge in [-0.1, -0.05) is 57.2 Å². The van der Waals surface area contributed by atoms with Crippen molar-refractivity contribution in [2.24, 2.45) is 0 Å². The van der Waals surface area contributed by atoms with Crippen LogP contribution in [0.15, 0.2) is 47.4 Å². The Bertz CT molecular complexity index is 849. The second-order valence-electron chi connectivity index (χ2n) is 8.58. The molecule has 2 aromatic carbocycles. The van der Waals surface area contributed by atoms with Crippen molar-refractivity contribution in [1.29, 1.82) is 0 Å². The first kappa shape index (κ1) is 22.5. The van der Waals surface area contributed by atoms with E-state index in [1.54, 1.807) is 30.0 Å². The number of hydrogen-bond donors (Lipinski definition) is 3. The average molecular weight is 429 g/mol. The van der Waals surface area contributed by atoms with Crippen LogP contribution < -0.4 is 0 Å². The normalized spacial score (nSPS) is 20.6. The molecule has 0 radical (unpaired) electrons. The van der Waals surface area contributed by atoms with Gasteiger partial charge >= 0.3 is 5.97 Å². The van der Waals surface area contributed by atoms with Crippen molar-refractivity contribution in [2.75, 3.05) is 5.75 Å². The summed E-state index contributed by atoms with van der Waals surface area (Å²) in [7, 11) is 0. The van der Waals surface area contributed by atoms with E-state index >= 15 is 0 Å². The molecule has 4 nitrogen and oxygen atoms in total. The minimum absolute atomic E-state index is 0.0379.